The van der Waals surface area contributed by atoms with Crippen LogP contribution in [-0.2, 0) is 18.4 Å². The summed E-state index contributed by atoms with van der Waals surface area (Å²) in [6.45, 7) is 3.70. The van der Waals surface area contributed by atoms with Crippen LogP contribution in [0.15, 0.2) is 12.2 Å². The van der Waals surface area contributed by atoms with Crippen LogP contribution in [0, 0.1) is 0 Å². The second-order valence-corrected chi connectivity index (χ2v) is 16.8. The smallest absolute Gasteiger partial charge is 0.393 e. The van der Waals surface area contributed by atoms with E-state index in [0.717, 1.165) is 44.9 Å². The molecule has 0 heterocycles. The van der Waals surface area contributed by atoms with Crippen molar-refractivity contribution in [2.45, 2.75) is 229 Å². The number of carbonyl (C=O) groups is 1. The van der Waals surface area contributed by atoms with E-state index < -0.39 is 75.2 Å². The molecule has 9 N–H and O–H groups in total. The van der Waals surface area contributed by atoms with E-state index in [4.69, 9.17) is 9.05 Å². The van der Waals surface area contributed by atoms with Crippen molar-refractivity contribution in [1.29, 1.82) is 0 Å². The molecule has 0 aromatic rings. The topological polar surface area (TPSA) is 226 Å². The number of rotatable bonds is 34. The molecule has 1 aliphatic carbocycles. The molecule has 13 nitrogen and oxygen atoms in total. The normalized spacial score (nSPS) is 24.7. The Morgan fingerprint density at radius 3 is 1.52 bits per heavy atom. The molecule has 1 saturated carbocycles. The van der Waals surface area contributed by atoms with Gasteiger partial charge in [-0.15, -0.1) is 0 Å². The molecule has 8 unspecified atom stereocenters. The van der Waals surface area contributed by atoms with Crippen LogP contribution < -0.4 is 5.32 Å². The quantitative estimate of drug-likeness (QED) is 0.0212. The lowest BCUT2D eigenvalue weighted by Crippen LogP contribution is -2.64. The minimum Gasteiger partial charge on any atom is -0.393 e. The van der Waals surface area contributed by atoms with Gasteiger partial charge >= 0.3 is 7.82 Å². The zero-order valence-corrected chi connectivity index (χ0v) is 34.3. The predicted octanol–water partition coefficient (Wildman–Crippen LogP) is 5.86. The first kappa shape index (κ1) is 51.1. The highest BCUT2D eigenvalue weighted by Crippen LogP contribution is 2.47. The van der Waals surface area contributed by atoms with Crippen molar-refractivity contribution in [3.63, 3.8) is 0 Å². The Bertz CT molecular complexity index is 990. The summed E-state index contributed by atoms with van der Waals surface area (Å²) in [6.07, 6.45) is 16.0. The standard InChI is InChI=1S/C40H78NO12P/c1-3-5-7-9-11-13-15-16-18-19-21-23-25-27-31(42)29-34(44)41-32(33(43)28-26-24-22-20-17-14-12-10-8-6-4-2)30-52-54(50,51)53-40-38(48)36(46)35(45)37(47)39(40)49/h26,28,31-33,35-40,42-43,45-49H,3-25,27,29-30H2,1-2H3,(H,41,44)(H,50,51)/b28-26+. The van der Waals surface area contributed by atoms with Crippen LogP contribution in [0.5, 0.6) is 0 Å². The number of carbonyl (C=O) groups excluding carboxylic acids is 1. The van der Waals surface area contributed by atoms with Crippen molar-refractivity contribution in [1.82, 2.24) is 5.32 Å². The Labute approximate surface area is 325 Å². The van der Waals surface area contributed by atoms with Gasteiger partial charge in [-0.1, -0.05) is 161 Å². The van der Waals surface area contributed by atoms with Gasteiger partial charge in [0.15, 0.2) is 0 Å². The molecule has 14 heteroatoms. The third-order valence-corrected chi connectivity index (χ3v) is 11.4. The summed E-state index contributed by atoms with van der Waals surface area (Å²) in [5.74, 6) is -0.593. The lowest BCUT2D eigenvalue weighted by atomic mass is 9.85. The summed E-state index contributed by atoms with van der Waals surface area (Å²) in [5, 5.41) is 74.1. The minimum absolute atomic E-state index is 0.241. The summed E-state index contributed by atoms with van der Waals surface area (Å²) in [4.78, 5) is 23.3. The summed E-state index contributed by atoms with van der Waals surface area (Å²) in [6, 6.07) is -1.23. The molecule has 320 valence electrons. The molecule has 8 atom stereocenters. The molecule has 0 saturated heterocycles. The van der Waals surface area contributed by atoms with Gasteiger partial charge in [0.05, 0.1) is 31.3 Å². The first-order valence-electron chi connectivity index (χ1n) is 21.2. The van der Waals surface area contributed by atoms with E-state index >= 15 is 0 Å². The molecule has 54 heavy (non-hydrogen) atoms. The maximum Gasteiger partial charge on any atom is 0.472 e. The molecule has 1 aliphatic rings. The van der Waals surface area contributed by atoms with Gasteiger partial charge in [-0.3, -0.25) is 13.8 Å². The number of phosphoric ester groups is 1. The Hall–Kier alpha value is -0.960. The van der Waals surface area contributed by atoms with E-state index in [1.807, 2.05) is 0 Å². The minimum atomic E-state index is -5.13. The maximum atomic E-state index is 12.9. The highest BCUT2D eigenvalue weighted by atomic mass is 31.2. The van der Waals surface area contributed by atoms with Gasteiger partial charge in [-0.05, 0) is 19.3 Å². The maximum absolute atomic E-state index is 12.9. The summed E-state index contributed by atoms with van der Waals surface area (Å²) < 4.78 is 22.8. The van der Waals surface area contributed by atoms with E-state index in [1.165, 1.54) is 102 Å². The van der Waals surface area contributed by atoms with Crippen molar-refractivity contribution >= 4 is 13.7 Å². The Morgan fingerprint density at radius 1 is 0.648 bits per heavy atom. The summed E-state index contributed by atoms with van der Waals surface area (Å²) in [5.41, 5.74) is 0. The number of nitrogens with one attached hydrogen (secondary N) is 1. The summed E-state index contributed by atoms with van der Waals surface area (Å²) >= 11 is 0. The first-order valence-corrected chi connectivity index (χ1v) is 22.7. The number of aliphatic hydroxyl groups is 7. The Balaban J connectivity index is 2.60. The SMILES string of the molecule is CCCCCCCCCCC/C=C/C(O)C(COP(=O)(O)OC1C(O)C(O)C(O)C(O)C1O)NC(=O)CC(O)CCCCCCCCCCCCCCC. The van der Waals surface area contributed by atoms with Gasteiger partial charge in [-0.2, -0.15) is 0 Å². The van der Waals surface area contributed by atoms with E-state index in [-0.39, 0.29) is 6.42 Å². The number of hydrogen-bond donors (Lipinski definition) is 9. The zero-order chi connectivity index (χ0) is 40.2. The van der Waals surface area contributed by atoms with Crippen molar-refractivity contribution in [2.75, 3.05) is 6.61 Å². The van der Waals surface area contributed by atoms with Crippen LogP contribution in [-0.4, -0.2) is 108 Å². The lowest BCUT2D eigenvalue weighted by Gasteiger charge is -2.41. The fraction of sp³-hybridized carbons (Fsp3) is 0.925. The first-order chi connectivity index (χ1) is 25.8. The highest BCUT2D eigenvalue weighted by molar-refractivity contribution is 7.47. The van der Waals surface area contributed by atoms with Gasteiger partial charge < -0.3 is 46.0 Å². The third-order valence-electron chi connectivity index (χ3n) is 10.4. The molecule has 0 spiro atoms. The number of amides is 1. The molecular weight excluding hydrogens is 717 g/mol. The van der Waals surface area contributed by atoms with Gasteiger partial charge in [-0.25, -0.2) is 4.57 Å². The van der Waals surface area contributed by atoms with Crippen LogP contribution in [0.4, 0.5) is 0 Å². The van der Waals surface area contributed by atoms with E-state index in [9.17, 15) is 50.0 Å². The average molecular weight is 796 g/mol. The zero-order valence-electron chi connectivity index (χ0n) is 33.4. The number of aliphatic hydroxyl groups excluding tert-OH is 7. The molecule has 1 amide bonds. The van der Waals surface area contributed by atoms with Crippen molar-refractivity contribution in [3.8, 4) is 0 Å². The van der Waals surface area contributed by atoms with Crippen LogP contribution in [0.3, 0.4) is 0 Å². The molecular formula is C40H78NO12P. The average Bonchev–Trinajstić information content (AvgIpc) is 3.14. The van der Waals surface area contributed by atoms with Crippen molar-refractivity contribution in [2.24, 2.45) is 0 Å². The molecule has 0 radical (unpaired) electrons. The molecule has 1 rings (SSSR count). The Kier molecular flexibility index (Phi) is 29.4. The van der Waals surface area contributed by atoms with Gasteiger partial charge in [0.2, 0.25) is 5.91 Å². The number of allylic oxidation sites excluding steroid dienone is 1. The van der Waals surface area contributed by atoms with Crippen molar-refractivity contribution < 1.29 is 59.0 Å². The van der Waals surface area contributed by atoms with E-state index in [0.29, 0.717) is 12.8 Å². The lowest BCUT2D eigenvalue weighted by molar-refractivity contribution is -0.220. The number of unbranched alkanes of at least 4 members (excludes halogenated alkanes) is 21. The molecule has 0 bridgehead atoms. The molecule has 0 aromatic heterocycles. The van der Waals surface area contributed by atoms with Crippen LogP contribution in [0.2, 0.25) is 0 Å². The largest absolute Gasteiger partial charge is 0.472 e. The predicted molar refractivity (Wildman–Crippen MR) is 211 cm³/mol. The third kappa shape index (κ3) is 23.3. The molecule has 0 aliphatic heterocycles. The second kappa shape index (κ2) is 31.1. The molecule has 1 fully saturated rings. The molecule has 0 aromatic carbocycles. The van der Waals surface area contributed by atoms with Crippen molar-refractivity contribution in [3.05, 3.63) is 12.2 Å². The summed E-state index contributed by atoms with van der Waals surface area (Å²) in [7, 11) is -5.13. The number of phosphoric acid groups is 1. The van der Waals surface area contributed by atoms with E-state index in [2.05, 4.69) is 19.2 Å². The van der Waals surface area contributed by atoms with Gasteiger partial charge in [0.25, 0.3) is 0 Å². The Morgan fingerprint density at radius 2 is 1.06 bits per heavy atom. The fourth-order valence-electron chi connectivity index (χ4n) is 6.83. The van der Waals surface area contributed by atoms with Gasteiger partial charge in [0.1, 0.15) is 36.6 Å². The van der Waals surface area contributed by atoms with Gasteiger partial charge in [0, 0.05) is 0 Å². The highest BCUT2D eigenvalue weighted by Gasteiger charge is 2.51. The monoisotopic (exact) mass is 796 g/mol. The second-order valence-electron chi connectivity index (χ2n) is 15.4. The van der Waals surface area contributed by atoms with Crippen LogP contribution in [0.25, 0.3) is 0 Å². The van der Waals surface area contributed by atoms with Crippen LogP contribution >= 0.6 is 7.82 Å². The fourth-order valence-corrected chi connectivity index (χ4v) is 7.79. The van der Waals surface area contributed by atoms with Crippen LogP contribution in [0.1, 0.15) is 174 Å². The number of hydrogen-bond acceptors (Lipinski definition) is 11. The van der Waals surface area contributed by atoms with E-state index in [1.54, 1.807) is 6.08 Å².